The van der Waals surface area contributed by atoms with Crippen molar-refractivity contribution in [3.63, 3.8) is 0 Å². The molecular weight excluding hydrogens is 464 g/mol. The molecule has 0 saturated heterocycles. The predicted molar refractivity (Wildman–Crippen MR) is 164 cm³/mol. The molecule has 0 spiro atoms. The van der Waals surface area contributed by atoms with Gasteiger partial charge in [-0.25, -0.2) is 4.79 Å². The van der Waals surface area contributed by atoms with E-state index in [2.05, 4.69) is 13.5 Å². The lowest BCUT2D eigenvalue weighted by Gasteiger charge is -2.53. The molecule has 3 aliphatic carbocycles. The van der Waals surface area contributed by atoms with E-state index in [0.29, 0.717) is 23.3 Å². The third-order valence-electron chi connectivity index (χ3n) is 11.4. The Labute approximate surface area is 237 Å². The number of carboxylic acids is 1. The molecule has 0 aliphatic heterocycles. The summed E-state index contributed by atoms with van der Waals surface area (Å²) in [5, 5.41) is 10.8. The molecule has 0 bridgehead atoms. The fourth-order valence-corrected chi connectivity index (χ4v) is 9.29. The van der Waals surface area contributed by atoms with Crippen molar-refractivity contribution in [2.75, 3.05) is 0 Å². The molecule has 3 fully saturated rings. The molecule has 3 saturated carbocycles. The molecule has 2 atom stereocenters. The molecular formula is C36H64O2. The Bertz CT molecular complexity index is 620. The fraction of sp³-hybridized carbons (Fsp3) is 0.917. The van der Waals surface area contributed by atoms with E-state index in [1.165, 1.54) is 173 Å². The van der Waals surface area contributed by atoms with Crippen LogP contribution in [0.4, 0.5) is 0 Å². The third kappa shape index (κ3) is 9.12. The molecule has 0 aromatic carbocycles. The number of hydrogen-bond donors (Lipinski definition) is 1. The van der Waals surface area contributed by atoms with E-state index in [1.807, 2.05) is 0 Å². The van der Waals surface area contributed by atoms with Crippen LogP contribution in [0.15, 0.2) is 12.2 Å². The molecule has 0 aromatic heterocycles. The summed E-state index contributed by atoms with van der Waals surface area (Å²) in [5.41, 5.74) is 0.429. The SMILES string of the molecule is C=C(C(=O)O)C(C1CCCCCCCCC1)(C1CCCCCCCCC1)C1CCCCCCC(CC)CC1. The first-order chi connectivity index (χ1) is 18.6. The molecule has 0 aromatic rings. The first kappa shape index (κ1) is 31.7. The highest BCUT2D eigenvalue weighted by molar-refractivity contribution is 5.87. The van der Waals surface area contributed by atoms with Gasteiger partial charge in [0, 0.05) is 11.0 Å². The summed E-state index contributed by atoms with van der Waals surface area (Å²) in [6.45, 7) is 6.97. The van der Waals surface area contributed by atoms with E-state index in [-0.39, 0.29) is 5.41 Å². The van der Waals surface area contributed by atoms with Crippen molar-refractivity contribution in [2.24, 2.45) is 29.1 Å². The van der Waals surface area contributed by atoms with Crippen LogP contribution in [0.3, 0.4) is 0 Å². The van der Waals surface area contributed by atoms with E-state index >= 15 is 0 Å². The molecule has 3 aliphatic rings. The molecule has 2 heteroatoms. The van der Waals surface area contributed by atoms with Gasteiger partial charge in [0.05, 0.1) is 0 Å². The molecule has 2 unspecified atom stereocenters. The number of aliphatic carboxylic acids is 1. The molecule has 1 N–H and O–H groups in total. The molecule has 0 heterocycles. The van der Waals surface area contributed by atoms with Crippen molar-refractivity contribution in [3.05, 3.63) is 12.2 Å². The maximum atomic E-state index is 13.1. The summed E-state index contributed by atoms with van der Waals surface area (Å²) in [5.74, 6) is 1.65. The van der Waals surface area contributed by atoms with Gasteiger partial charge in [-0.15, -0.1) is 0 Å². The van der Waals surface area contributed by atoms with Crippen LogP contribution in [0.25, 0.3) is 0 Å². The second-order valence-electron chi connectivity index (χ2n) is 13.8. The Morgan fingerprint density at radius 2 is 0.868 bits per heavy atom. The van der Waals surface area contributed by atoms with Gasteiger partial charge in [0.2, 0.25) is 0 Å². The van der Waals surface area contributed by atoms with E-state index in [9.17, 15) is 9.90 Å². The Morgan fingerprint density at radius 3 is 1.21 bits per heavy atom. The zero-order valence-electron chi connectivity index (χ0n) is 25.5. The lowest BCUT2D eigenvalue weighted by molar-refractivity contribution is -0.137. The highest BCUT2D eigenvalue weighted by atomic mass is 16.4. The van der Waals surface area contributed by atoms with Crippen molar-refractivity contribution < 1.29 is 9.90 Å². The van der Waals surface area contributed by atoms with Gasteiger partial charge in [-0.1, -0.05) is 148 Å². The van der Waals surface area contributed by atoms with Gasteiger partial charge < -0.3 is 5.11 Å². The quantitative estimate of drug-likeness (QED) is 0.348. The lowest BCUT2D eigenvalue weighted by atomic mass is 9.50. The van der Waals surface area contributed by atoms with Gasteiger partial charge in [-0.05, 0) is 62.2 Å². The summed E-state index contributed by atoms with van der Waals surface area (Å²) < 4.78 is 0. The first-order valence-corrected chi connectivity index (χ1v) is 17.5. The van der Waals surface area contributed by atoms with E-state index in [4.69, 9.17) is 0 Å². The van der Waals surface area contributed by atoms with Crippen molar-refractivity contribution in [2.45, 2.75) is 180 Å². The van der Waals surface area contributed by atoms with Gasteiger partial charge >= 0.3 is 5.97 Å². The minimum absolute atomic E-state index is 0.207. The van der Waals surface area contributed by atoms with Crippen LogP contribution in [0.1, 0.15) is 180 Å². The van der Waals surface area contributed by atoms with Crippen molar-refractivity contribution in [1.29, 1.82) is 0 Å². The third-order valence-corrected chi connectivity index (χ3v) is 11.4. The number of rotatable bonds is 6. The van der Waals surface area contributed by atoms with Gasteiger partial charge in [0.25, 0.3) is 0 Å². The van der Waals surface area contributed by atoms with Crippen molar-refractivity contribution in [3.8, 4) is 0 Å². The average molecular weight is 529 g/mol. The Hall–Kier alpha value is -0.790. The largest absolute Gasteiger partial charge is 0.478 e. The summed E-state index contributed by atoms with van der Waals surface area (Å²) in [4.78, 5) is 13.1. The van der Waals surface area contributed by atoms with Crippen LogP contribution >= 0.6 is 0 Å². The average Bonchev–Trinajstić information content (AvgIpc) is 2.94. The summed E-state index contributed by atoms with van der Waals surface area (Å²) in [6, 6.07) is 0. The molecule has 38 heavy (non-hydrogen) atoms. The highest BCUT2D eigenvalue weighted by Crippen LogP contribution is 2.58. The molecule has 0 radical (unpaired) electrons. The number of carbonyl (C=O) groups is 1. The number of carboxylic acid groups (broad SMARTS) is 1. The van der Waals surface area contributed by atoms with Crippen molar-refractivity contribution in [1.82, 2.24) is 0 Å². The van der Waals surface area contributed by atoms with Gasteiger partial charge in [0.1, 0.15) is 0 Å². The second-order valence-corrected chi connectivity index (χ2v) is 13.8. The van der Waals surface area contributed by atoms with Crippen LogP contribution in [-0.2, 0) is 4.79 Å². The van der Waals surface area contributed by atoms with E-state index in [1.54, 1.807) is 0 Å². The van der Waals surface area contributed by atoms with Gasteiger partial charge in [-0.2, -0.15) is 0 Å². The Morgan fingerprint density at radius 1 is 0.553 bits per heavy atom. The Balaban J connectivity index is 2.08. The van der Waals surface area contributed by atoms with Crippen LogP contribution in [0, 0.1) is 29.1 Å². The van der Waals surface area contributed by atoms with Crippen LogP contribution < -0.4 is 0 Å². The summed E-state index contributed by atoms with van der Waals surface area (Å²) >= 11 is 0. The Kier molecular flexibility index (Phi) is 14.9. The van der Waals surface area contributed by atoms with E-state index in [0.717, 1.165) is 5.92 Å². The molecule has 3 rings (SSSR count). The standard InChI is InChI=1S/C36H64O2/c1-3-31-22-16-14-15-21-27-34(29-28-31)36(30(2)35(37)38,32-23-17-10-6-4-7-11-18-24-32)33-25-19-12-8-5-9-13-20-26-33/h31-34H,2-29H2,1H3,(H,37,38). The highest BCUT2D eigenvalue weighted by Gasteiger charge is 2.53. The minimum Gasteiger partial charge on any atom is -0.478 e. The predicted octanol–water partition coefficient (Wildman–Crippen LogP) is 11.7. The second kappa shape index (κ2) is 17.8. The van der Waals surface area contributed by atoms with Crippen molar-refractivity contribution >= 4 is 5.97 Å². The van der Waals surface area contributed by atoms with Crippen LogP contribution in [-0.4, -0.2) is 11.1 Å². The van der Waals surface area contributed by atoms with Gasteiger partial charge in [0.15, 0.2) is 0 Å². The summed E-state index contributed by atoms with van der Waals surface area (Å²) in [7, 11) is 0. The number of hydrogen-bond acceptors (Lipinski definition) is 1. The molecule has 2 nitrogen and oxygen atoms in total. The monoisotopic (exact) mass is 528 g/mol. The van der Waals surface area contributed by atoms with Crippen LogP contribution in [0.5, 0.6) is 0 Å². The smallest absolute Gasteiger partial charge is 0.331 e. The minimum atomic E-state index is -0.677. The topological polar surface area (TPSA) is 37.3 Å². The normalized spacial score (nSPS) is 27.7. The van der Waals surface area contributed by atoms with E-state index < -0.39 is 5.97 Å². The maximum absolute atomic E-state index is 13.1. The molecule has 0 amide bonds. The van der Waals surface area contributed by atoms with Gasteiger partial charge in [-0.3, -0.25) is 0 Å². The zero-order valence-corrected chi connectivity index (χ0v) is 25.5. The lowest BCUT2D eigenvalue weighted by Crippen LogP contribution is -2.48. The fourth-order valence-electron chi connectivity index (χ4n) is 9.29. The zero-order chi connectivity index (χ0) is 27.1. The maximum Gasteiger partial charge on any atom is 0.331 e. The summed E-state index contributed by atoms with van der Waals surface area (Å²) in [6.07, 6.45) is 35.5. The van der Waals surface area contributed by atoms with Crippen LogP contribution in [0.2, 0.25) is 0 Å². The molecule has 220 valence electrons. The first-order valence-electron chi connectivity index (χ1n) is 17.5.